The third-order valence-corrected chi connectivity index (χ3v) is 5.52. The van der Waals surface area contributed by atoms with Crippen LogP contribution in [0.25, 0.3) is 16.6 Å². The smallest absolute Gasteiger partial charge is 0.220 e. The van der Waals surface area contributed by atoms with Gasteiger partial charge in [0.05, 0.1) is 12.6 Å². The average Bonchev–Trinajstić information content (AvgIpc) is 3.13. The van der Waals surface area contributed by atoms with E-state index in [0.717, 1.165) is 45.7 Å². The minimum Gasteiger partial charge on any atom is -0.497 e. The molecule has 30 heavy (non-hydrogen) atoms. The van der Waals surface area contributed by atoms with E-state index in [1.54, 1.807) is 7.11 Å². The molecule has 2 aromatic carbocycles. The van der Waals surface area contributed by atoms with E-state index in [-0.39, 0.29) is 5.91 Å². The van der Waals surface area contributed by atoms with Gasteiger partial charge in [0.1, 0.15) is 5.75 Å². The molecule has 0 atom stereocenters. The van der Waals surface area contributed by atoms with Crippen molar-refractivity contribution in [2.75, 3.05) is 13.7 Å². The van der Waals surface area contributed by atoms with Crippen molar-refractivity contribution in [2.24, 2.45) is 0 Å². The van der Waals surface area contributed by atoms with Gasteiger partial charge in [0.25, 0.3) is 0 Å². The first-order valence-corrected chi connectivity index (χ1v) is 10.2. The molecule has 0 aliphatic heterocycles. The van der Waals surface area contributed by atoms with Crippen LogP contribution >= 0.6 is 0 Å². The molecule has 0 saturated carbocycles. The number of amides is 1. The van der Waals surface area contributed by atoms with Gasteiger partial charge in [-0.25, -0.2) is 9.50 Å². The SMILES string of the molecule is COc1ccc(CCNC(=O)CCc2c(C)nc3c4ccccc4nn3c2C)cc1. The summed E-state index contributed by atoms with van der Waals surface area (Å²) in [6, 6.07) is 15.9. The number of aromatic nitrogens is 3. The predicted octanol–water partition coefficient (Wildman–Crippen LogP) is 3.80. The number of methoxy groups -OCH3 is 1. The summed E-state index contributed by atoms with van der Waals surface area (Å²) < 4.78 is 7.07. The van der Waals surface area contributed by atoms with Gasteiger partial charge in [0.15, 0.2) is 5.65 Å². The normalized spacial score (nSPS) is 11.2. The molecule has 0 aliphatic carbocycles. The van der Waals surface area contributed by atoms with E-state index in [0.29, 0.717) is 19.4 Å². The molecule has 0 spiro atoms. The van der Waals surface area contributed by atoms with E-state index in [1.165, 1.54) is 5.56 Å². The molecular formula is C24H26N4O2. The van der Waals surface area contributed by atoms with Crippen LogP contribution in [0.4, 0.5) is 0 Å². The van der Waals surface area contributed by atoms with E-state index in [9.17, 15) is 4.79 Å². The van der Waals surface area contributed by atoms with Crippen LogP contribution in [0.3, 0.4) is 0 Å². The van der Waals surface area contributed by atoms with Crippen molar-refractivity contribution < 1.29 is 9.53 Å². The fraction of sp³-hybridized carbons (Fsp3) is 0.292. The fourth-order valence-corrected chi connectivity index (χ4v) is 3.80. The number of hydrogen-bond donors (Lipinski definition) is 1. The number of ether oxygens (including phenoxy) is 1. The van der Waals surface area contributed by atoms with Gasteiger partial charge in [0, 0.05) is 29.7 Å². The van der Waals surface area contributed by atoms with E-state index in [1.807, 2.05) is 66.9 Å². The van der Waals surface area contributed by atoms with E-state index >= 15 is 0 Å². The standard InChI is InChI=1S/C24H26N4O2/c1-16-20(17(2)28-24(26-16)21-6-4-5-7-22(21)27-28)12-13-23(29)25-15-14-18-8-10-19(30-3)11-9-18/h4-11H,12-15H2,1-3H3,(H,25,29). The quantitative estimate of drug-likeness (QED) is 0.511. The number of benzene rings is 2. The number of carbonyl (C=O) groups is 1. The molecule has 154 valence electrons. The van der Waals surface area contributed by atoms with Gasteiger partial charge in [-0.1, -0.05) is 24.3 Å². The van der Waals surface area contributed by atoms with Crippen LogP contribution in [-0.2, 0) is 17.6 Å². The van der Waals surface area contributed by atoms with Gasteiger partial charge in [-0.2, -0.15) is 5.10 Å². The first kappa shape index (κ1) is 19.9. The highest BCUT2D eigenvalue weighted by Gasteiger charge is 2.14. The molecule has 6 heteroatoms. The zero-order valence-corrected chi connectivity index (χ0v) is 17.6. The molecular weight excluding hydrogens is 376 g/mol. The lowest BCUT2D eigenvalue weighted by molar-refractivity contribution is -0.121. The van der Waals surface area contributed by atoms with Crippen molar-refractivity contribution in [3.05, 3.63) is 71.0 Å². The lowest BCUT2D eigenvalue weighted by Gasteiger charge is -2.11. The second-order valence-corrected chi connectivity index (χ2v) is 7.46. The number of rotatable bonds is 7. The highest BCUT2D eigenvalue weighted by atomic mass is 16.5. The van der Waals surface area contributed by atoms with Gasteiger partial charge >= 0.3 is 0 Å². The third-order valence-electron chi connectivity index (χ3n) is 5.52. The van der Waals surface area contributed by atoms with E-state index in [2.05, 4.69) is 10.4 Å². The minimum absolute atomic E-state index is 0.0491. The highest BCUT2D eigenvalue weighted by Crippen LogP contribution is 2.22. The average molecular weight is 402 g/mol. The summed E-state index contributed by atoms with van der Waals surface area (Å²) in [5, 5.41) is 8.75. The second kappa shape index (κ2) is 8.53. The number of carbonyl (C=O) groups excluding carboxylic acids is 1. The van der Waals surface area contributed by atoms with Crippen molar-refractivity contribution in [2.45, 2.75) is 33.1 Å². The summed E-state index contributed by atoms with van der Waals surface area (Å²) >= 11 is 0. The zero-order valence-electron chi connectivity index (χ0n) is 17.6. The first-order chi connectivity index (χ1) is 14.6. The fourth-order valence-electron chi connectivity index (χ4n) is 3.80. The topological polar surface area (TPSA) is 68.5 Å². The minimum atomic E-state index is 0.0491. The zero-order chi connectivity index (χ0) is 21.1. The van der Waals surface area contributed by atoms with Gasteiger partial charge in [-0.05, 0) is 62.1 Å². The molecule has 0 saturated heterocycles. The van der Waals surface area contributed by atoms with Crippen LogP contribution < -0.4 is 10.1 Å². The molecule has 2 heterocycles. The van der Waals surface area contributed by atoms with Crippen LogP contribution in [-0.4, -0.2) is 34.2 Å². The molecule has 1 amide bonds. The summed E-state index contributed by atoms with van der Waals surface area (Å²) in [6.07, 6.45) is 1.87. The molecule has 6 nitrogen and oxygen atoms in total. The lowest BCUT2D eigenvalue weighted by atomic mass is 10.1. The summed E-state index contributed by atoms with van der Waals surface area (Å²) in [5.74, 6) is 0.886. The number of nitrogens with zero attached hydrogens (tertiary/aromatic N) is 3. The van der Waals surface area contributed by atoms with Gasteiger partial charge in [-0.3, -0.25) is 4.79 Å². The second-order valence-electron chi connectivity index (χ2n) is 7.46. The van der Waals surface area contributed by atoms with Crippen LogP contribution in [0.15, 0.2) is 48.5 Å². The molecule has 0 bridgehead atoms. The Morgan fingerprint density at radius 2 is 1.83 bits per heavy atom. The Balaban J connectivity index is 1.39. The highest BCUT2D eigenvalue weighted by molar-refractivity contribution is 5.92. The van der Waals surface area contributed by atoms with E-state index < -0.39 is 0 Å². The maximum absolute atomic E-state index is 12.4. The number of aryl methyl sites for hydroxylation is 2. The van der Waals surface area contributed by atoms with Crippen LogP contribution in [0, 0.1) is 13.8 Å². The molecule has 0 fully saturated rings. The molecule has 4 aromatic rings. The van der Waals surface area contributed by atoms with Crippen molar-refractivity contribution in [3.8, 4) is 5.75 Å². The first-order valence-electron chi connectivity index (χ1n) is 10.2. The Labute approximate surface area is 175 Å². The maximum Gasteiger partial charge on any atom is 0.220 e. The molecule has 0 unspecified atom stereocenters. The van der Waals surface area contributed by atoms with Crippen LogP contribution in [0.1, 0.15) is 28.9 Å². The van der Waals surface area contributed by atoms with Crippen LogP contribution in [0.2, 0.25) is 0 Å². The van der Waals surface area contributed by atoms with Crippen molar-refractivity contribution >= 4 is 22.5 Å². The van der Waals surface area contributed by atoms with E-state index in [4.69, 9.17) is 9.72 Å². The Bertz CT molecular complexity index is 1200. The molecule has 0 aliphatic rings. The van der Waals surface area contributed by atoms with Crippen molar-refractivity contribution in [3.63, 3.8) is 0 Å². The summed E-state index contributed by atoms with van der Waals surface area (Å²) in [5.41, 5.74) is 6.05. The molecule has 4 rings (SSSR count). The summed E-state index contributed by atoms with van der Waals surface area (Å²) in [6.45, 7) is 4.67. The number of hydrogen-bond acceptors (Lipinski definition) is 4. The Kier molecular flexibility index (Phi) is 5.65. The third kappa shape index (κ3) is 3.99. The lowest BCUT2D eigenvalue weighted by Crippen LogP contribution is -2.26. The van der Waals surface area contributed by atoms with Gasteiger partial charge in [0.2, 0.25) is 5.91 Å². The largest absolute Gasteiger partial charge is 0.497 e. The summed E-state index contributed by atoms with van der Waals surface area (Å²) in [7, 11) is 1.65. The summed E-state index contributed by atoms with van der Waals surface area (Å²) in [4.78, 5) is 17.1. The Morgan fingerprint density at radius 3 is 2.60 bits per heavy atom. The predicted molar refractivity (Wildman–Crippen MR) is 118 cm³/mol. The van der Waals surface area contributed by atoms with Crippen molar-refractivity contribution in [1.29, 1.82) is 0 Å². The van der Waals surface area contributed by atoms with Crippen molar-refractivity contribution in [1.82, 2.24) is 19.9 Å². The number of fused-ring (bicyclic) bond motifs is 3. The Hall–Kier alpha value is -3.41. The molecule has 2 aromatic heterocycles. The van der Waals surface area contributed by atoms with Crippen LogP contribution in [0.5, 0.6) is 5.75 Å². The van der Waals surface area contributed by atoms with Gasteiger partial charge < -0.3 is 10.1 Å². The van der Waals surface area contributed by atoms with Gasteiger partial charge in [-0.15, -0.1) is 0 Å². The monoisotopic (exact) mass is 402 g/mol. The molecule has 0 radical (unpaired) electrons. The Morgan fingerprint density at radius 1 is 1.07 bits per heavy atom. The molecule has 1 N–H and O–H groups in total. The number of nitrogens with one attached hydrogen (secondary N) is 1. The maximum atomic E-state index is 12.4.